The molecule has 0 fully saturated rings. The lowest BCUT2D eigenvalue weighted by Gasteiger charge is -2.13. The second-order valence-corrected chi connectivity index (χ2v) is 9.79. The van der Waals surface area contributed by atoms with Gasteiger partial charge >= 0.3 is 6.18 Å². The van der Waals surface area contributed by atoms with Crippen LogP contribution in [0.1, 0.15) is 35.1 Å². The van der Waals surface area contributed by atoms with Crippen LogP contribution in [0.15, 0.2) is 79.1 Å². The quantitative estimate of drug-likeness (QED) is 0.128. The van der Waals surface area contributed by atoms with Crippen molar-refractivity contribution in [3.63, 3.8) is 0 Å². The van der Waals surface area contributed by atoms with Gasteiger partial charge in [-0.25, -0.2) is 35.1 Å². The van der Waals surface area contributed by atoms with E-state index in [0.29, 0.717) is 24.3 Å². The fourth-order valence-corrected chi connectivity index (χ4v) is 4.62. The number of alkyl halides is 3. The molecule has 0 unspecified atom stereocenters. The molecule has 0 radical (unpaired) electrons. The van der Waals surface area contributed by atoms with Crippen molar-refractivity contribution >= 4 is 5.83 Å². The van der Waals surface area contributed by atoms with Crippen LogP contribution in [0.3, 0.4) is 0 Å². The van der Waals surface area contributed by atoms with Crippen molar-refractivity contribution in [3.05, 3.63) is 136 Å². The van der Waals surface area contributed by atoms with Gasteiger partial charge in [0.15, 0.2) is 5.83 Å². The van der Waals surface area contributed by atoms with E-state index >= 15 is 8.78 Å². The summed E-state index contributed by atoms with van der Waals surface area (Å²) >= 11 is 0. The fraction of sp³-hybridized carbons (Fsp3) is 0.152. The lowest BCUT2D eigenvalue weighted by Crippen LogP contribution is -2.12. The van der Waals surface area contributed by atoms with Crippen LogP contribution in [0, 0.1) is 34.9 Å². The molecule has 0 saturated heterocycles. The normalized spacial score (nSPS) is 12.3. The van der Waals surface area contributed by atoms with Gasteiger partial charge in [-0.05, 0) is 77.9 Å². The standard InChI is InChI=1S/C33H21F11/c1-2-3-4-23(34)32(41)19-8-6-18(7-9-19)20-13-26(37)30(27(38)14-20)21-15-24(35)22(25(36)16-21)10-5-17-11-28(39)31(29(40)12-17)33(42,43)44/h2,6-9,11-16H,1,3-5,10H2. The highest BCUT2D eigenvalue weighted by Gasteiger charge is 2.37. The van der Waals surface area contributed by atoms with E-state index in [1.54, 1.807) is 0 Å². The van der Waals surface area contributed by atoms with Gasteiger partial charge in [-0.3, -0.25) is 0 Å². The number of halogens is 11. The highest BCUT2D eigenvalue weighted by Crippen LogP contribution is 2.36. The third kappa shape index (κ3) is 7.03. The van der Waals surface area contributed by atoms with Gasteiger partial charge in [0.1, 0.15) is 46.3 Å². The van der Waals surface area contributed by atoms with Crippen LogP contribution in [0.4, 0.5) is 48.3 Å². The molecule has 0 heterocycles. The lowest BCUT2D eigenvalue weighted by molar-refractivity contribution is -0.142. The van der Waals surface area contributed by atoms with Gasteiger partial charge in [0, 0.05) is 17.5 Å². The first-order valence-electron chi connectivity index (χ1n) is 13.0. The SMILES string of the molecule is C=CCCC(F)=C(F)c1ccc(-c2cc(F)c(-c3cc(F)c(CCc4cc(F)c(C(F)(F)F)c(F)c4)c(F)c3)c(F)c2)cc1. The van der Waals surface area contributed by atoms with E-state index in [1.165, 1.54) is 30.3 Å². The molecule has 0 aliphatic carbocycles. The largest absolute Gasteiger partial charge is 0.422 e. The van der Waals surface area contributed by atoms with Gasteiger partial charge < -0.3 is 0 Å². The number of allylic oxidation sites excluding steroid dienone is 2. The van der Waals surface area contributed by atoms with Crippen molar-refractivity contribution in [3.8, 4) is 22.3 Å². The Labute approximate surface area is 244 Å². The molecule has 11 heteroatoms. The zero-order valence-corrected chi connectivity index (χ0v) is 22.5. The Morgan fingerprint density at radius 1 is 0.636 bits per heavy atom. The maximum Gasteiger partial charge on any atom is 0.422 e. The third-order valence-corrected chi connectivity index (χ3v) is 6.80. The minimum atomic E-state index is -5.28. The van der Waals surface area contributed by atoms with Crippen molar-refractivity contribution in [2.75, 3.05) is 0 Å². The van der Waals surface area contributed by atoms with E-state index in [-0.39, 0.29) is 35.1 Å². The minimum absolute atomic E-state index is 0.000358. The highest BCUT2D eigenvalue weighted by molar-refractivity contribution is 5.73. The van der Waals surface area contributed by atoms with Crippen molar-refractivity contribution < 1.29 is 48.3 Å². The second kappa shape index (κ2) is 13.1. The maximum absolute atomic E-state index is 15.1. The summed E-state index contributed by atoms with van der Waals surface area (Å²) in [5.41, 5.74) is -4.13. The van der Waals surface area contributed by atoms with Gasteiger partial charge in [-0.1, -0.05) is 30.3 Å². The van der Waals surface area contributed by atoms with Gasteiger partial charge in [0.2, 0.25) is 0 Å². The summed E-state index contributed by atoms with van der Waals surface area (Å²) < 4.78 is 154. The van der Waals surface area contributed by atoms with Crippen LogP contribution in [-0.4, -0.2) is 0 Å². The van der Waals surface area contributed by atoms with Gasteiger partial charge in [-0.2, -0.15) is 13.2 Å². The molecule has 4 aromatic rings. The van der Waals surface area contributed by atoms with E-state index in [1.807, 2.05) is 0 Å². The van der Waals surface area contributed by atoms with Gasteiger partial charge in [0.25, 0.3) is 0 Å². The molecule has 0 aromatic heterocycles. The Hall–Kier alpha value is -4.41. The van der Waals surface area contributed by atoms with Crippen LogP contribution in [0.2, 0.25) is 0 Å². The summed E-state index contributed by atoms with van der Waals surface area (Å²) in [6.45, 7) is 3.43. The molecule has 4 rings (SSSR count). The number of benzene rings is 4. The van der Waals surface area contributed by atoms with Crippen molar-refractivity contribution in [1.82, 2.24) is 0 Å². The van der Waals surface area contributed by atoms with Crippen molar-refractivity contribution in [2.45, 2.75) is 31.9 Å². The molecule has 0 amide bonds. The molecule has 4 aromatic carbocycles. The number of hydrogen-bond acceptors (Lipinski definition) is 0. The van der Waals surface area contributed by atoms with E-state index in [9.17, 15) is 39.5 Å². The zero-order chi connectivity index (χ0) is 32.3. The van der Waals surface area contributed by atoms with Crippen LogP contribution < -0.4 is 0 Å². The van der Waals surface area contributed by atoms with Crippen LogP contribution in [-0.2, 0) is 19.0 Å². The van der Waals surface area contributed by atoms with Crippen LogP contribution >= 0.6 is 0 Å². The predicted octanol–water partition coefficient (Wildman–Crippen LogP) is 11.2. The Bertz CT molecular complexity index is 1660. The monoisotopic (exact) mass is 626 g/mol. The molecule has 44 heavy (non-hydrogen) atoms. The molecular formula is C33H21F11. The molecule has 0 spiro atoms. The molecular weight excluding hydrogens is 605 g/mol. The number of rotatable bonds is 9. The predicted molar refractivity (Wildman–Crippen MR) is 144 cm³/mol. The van der Waals surface area contributed by atoms with Gasteiger partial charge in [0.05, 0.1) is 5.56 Å². The fourth-order valence-electron chi connectivity index (χ4n) is 4.62. The minimum Gasteiger partial charge on any atom is -0.209 e. The summed E-state index contributed by atoms with van der Waals surface area (Å²) in [6.07, 6.45) is -4.79. The topological polar surface area (TPSA) is 0 Å². The van der Waals surface area contributed by atoms with Gasteiger partial charge in [-0.15, -0.1) is 6.58 Å². The Kier molecular flexibility index (Phi) is 9.66. The molecule has 0 saturated carbocycles. The Morgan fingerprint density at radius 3 is 1.66 bits per heavy atom. The van der Waals surface area contributed by atoms with Crippen LogP contribution in [0.5, 0.6) is 0 Å². The van der Waals surface area contributed by atoms with E-state index in [4.69, 9.17) is 0 Å². The van der Waals surface area contributed by atoms with E-state index in [0.717, 1.165) is 12.1 Å². The van der Waals surface area contributed by atoms with Crippen molar-refractivity contribution in [1.29, 1.82) is 0 Å². The van der Waals surface area contributed by atoms with Crippen molar-refractivity contribution in [2.24, 2.45) is 0 Å². The molecule has 0 nitrogen and oxygen atoms in total. The average Bonchev–Trinajstić information content (AvgIpc) is 2.93. The summed E-state index contributed by atoms with van der Waals surface area (Å²) in [6, 6.07) is 8.97. The lowest BCUT2D eigenvalue weighted by atomic mass is 9.95. The maximum atomic E-state index is 15.1. The molecule has 0 N–H and O–H groups in total. The molecule has 0 aliphatic rings. The number of hydrogen-bond donors (Lipinski definition) is 0. The zero-order valence-electron chi connectivity index (χ0n) is 22.5. The highest BCUT2D eigenvalue weighted by atomic mass is 19.4. The Morgan fingerprint density at radius 2 is 1.16 bits per heavy atom. The van der Waals surface area contributed by atoms with E-state index in [2.05, 4.69) is 6.58 Å². The molecule has 0 aliphatic heterocycles. The first-order valence-corrected chi connectivity index (χ1v) is 13.0. The molecule has 0 atom stereocenters. The van der Waals surface area contributed by atoms with Crippen LogP contribution in [0.25, 0.3) is 28.1 Å². The van der Waals surface area contributed by atoms with E-state index < -0.39 is 87.8 Å². The summed E-state index contributed by atoms with van der Waals surface area (Å²) in [5.74, 6) is -10.7. The third-order valence-electron chi connectivity index (χ3n) is 6.80. The summed E-state index contributed by atoms with van der Waals surface area (Å²) in [5, 5.41) is 0. The summed E-state index contributed by atoms with van der Waals surface area (Å²) in [7, 11) is 0. The molecule has 230 valence electrons. The first kappa shape index (κ1) is 32.5. The second-order valence-electron chi connectivity index (χ2n) is 9.79. The smallest absolute Gasteiger partial charge is 0.209 e. The average molecular weight is 627 g/mol. The molecule has 0 bridgehead atoms. The summed E-state index contributed by atoms with van der Waals surface area (Å²) in [4.78, 5) is 0. The first-order chi connectivity index (χ1) is 20.7. The Balaban J connectivity index is 1.57. The number of aryl methyl sites for hydroxylation is 1.